The summed E-state index contributed by atoms with van der Waals surface area (Å²) in [4.78, 5) is 14.8. The van der Waals surface area contributed by atoms with Crippen LogP contribution in [0.5, 0.6) is 0 Å². The van der Waals surface area contributed by atoms with E-state index in [0.717, 1.165) is 31.5 Å². The topological polar surface area (TPSA) is 29.5 Å². The smallest absolute Gasteiger partial charge is 0.327 e. The van der Waals surface area contributed by atoms with Crippen LogP contribution in [0.25, 0.3) is 11.1 Å². The largest absolute Gasteiger partial charge is 0.465 e. The van der Waals surface area contributed by atoms with Crippen LogP contribution in [-0.2, 0) is 9.53 Å². The zero-order valence-corrected chi connectivity index (χ0v) is 14.3. The monoisotopic (exact) mass is 323 g/mol. The molecule has 0 aromatic heterocycles. The van der Waals surface area contributed by atoms with Gasteiger partial charge in [0.25, 0.3) is 0 Å². The number of ether oxygens (including phenoxy) is 1. The van der Waals surface area contributed by atoms with Crippen LogP contribution in [0.2, 0.25) is 0 Å². The Labute approximate surface area is 144 Å². The van der Waals surface area contributed by atoms with Gasteiger partial charge in [-0.3, -0.25) is 4.90 Å². The molecule has 0 unspecified atom stereocenters. The Hall–Kier alpha value is -2.13. The van der Waals surface area contributed by atoms with E-state index in [2.05, 4.69) is 41.3 Å². The van der Waals surface area contributed by atoms with Crippen LogP contribution in [0.4, 0.5) is 0 Å². The van der Waals surface area contributed by atoms with Gasteiger partial charge in [0.2, 0.25) is 0 Å². The number of rotatable bonds is 5. The number of likely N-dealkylation sites (tertiary alicyclic amines) is 1. The lowest BCUT2D eigenvalue weighted by Gasteiger charge is -2.33. The van der Waals surface area contributed by atoms with Crippen molar-refractivity contribution in [1.29, 1.82) is 0 Å². The molecule has 126 valence electrons. The summed E-state index contributed by atoms with van der Waals surface area (Å²) in [7, 11) is 0. The number of hydrogen-bond acceptors (Lipinski definition) is 3. The molecule has 1 aliphatic rings. The van der Waals surface area contributed by atoms with Crippen molar-refractivity contribution in [1.82, 2.24) is 4.90 Å². The second-order valence-corrected chi connectivity index (χ2v) is 6.24. The molecular weight excluding hydrogens is 298 g/mol. The van der Waals surface area contributed by atoms with Crippen LogP contribution in [0.3, 0.4) is 0 Å². The van der Waals surface area contributed by atoms with Crippen molar-refractivity contribution in [3.8, 4) is 11.1 Å². The first kappa shape index (κ1) is 16.7. The second-order valence-electron chi connectivity index (χ2n) is 6.24. The van der Waals surface area contributed by atoms with Crippen LogP contribution in [0, 0.1) is 0 Å². The van der Waals surface area contributed by atoms with E-state index in [1.165, 1.54) is 17.5 Å². The molecule has 0 spiro atoms. The Morgan fingerprint density at radius 2 is 1.58 bits per heavy atom. The van der Waals surface area contributed by atoms with Gasteiger partial charge in [-0.2, -0.15) is 0 Å². The third-order valence-corrected chi connectivity index (χ3v) is 4.60. The highest BCUT2D eigenvalue weighted by molar-refractivity contribution is 5.78. The Bertz CT molecular complexity index is 645. The fourth-order valence-corrected chi connectivity index (χ4v) is 3.38. The highest BCUT2D eigenvalue weighted by Gasteiger charge is 2.29. The molecule has 1 heterocycles. The summed E-state index contributed by atoms with van der Waals surface area (Å²) in [5.41, 5.74) is 3.38. The van der Waals surface area contributed by atoms with Gasteiger partial charge in [-0.1, -0.05) is 61.0 Å². The van der Waals surface area contributed by atoms with Gasteiger partial charge in [0, 0.05) is 0 Å². The lowest BCUT2D eigenvalue weighted by atomic mass is 9.98. The van der Waals surface area contributed by atoms with Gasteiger partial charge in [0.15, 0.2) is 0 Å². The summed E-state index contributed by atoms with van der Waals surface area (Å²) in [6.45, 7) is 4.21. The van der Waals surface area contributed by atoms with Gasteiger partial charge < -0.3 is 4.74 Å². The van der Waals surface area contributed by atoms with E-state index < -0.39 is 0 Å². The van der Waals surface area contributed by atoms with Gasteiger partial charge in [0.05, 0.1) is 6.61 Å². The molecule has 1 atom stereocenters. The van der Waals surface area contributed by atoms with Gasteiger partial charge in [-0.05, 0) is 49.5 Å². The SMILES string of the molecule is CCOC(=O)[C@@H](c1ccc(-c2ccccc2)cc1)N1CCCCC1. The molecule has 0 N–H and O–H groups in total. The van der Waals surface area contributed by atoms with Crippen LogP contribution >= 0.6 is 0 Å². The normalized spacial score (nSPS) is 16.5. The fraction of sp³-hybridized carbons (Fsp3) is 0.381. The molecule has 1 aliphatic heterocycles. The average molecular weight is 323 g/mol. The number of carbonyl (C=O) groups is 1. The number of esters is 1. The van der Waals surface area contributed by atoms with Crippen LogP contribution < -0.4 is 0 Å². The zero-order chi connectivity index (χ0) is 16.8. The van der Waals surface area contributed by atoms with E-state index in [-0.39, 0.29) is 12.0 Å². The first-order valence-corrected chi connectivity index (χ1v) is 8.85. The van der Waals surface area contributed by atoms with Crippen molar-refractivity contribution in [3.05, 3.63) is 60.2 Å². The molecule has 0 bridgehead atoms. The summed E-state index contributed by atoms with van der Waals surface area (Å²) < 4.78 is 5.35. The highest BCUT2D eigenvalue weighted by atomic mass is 16.5. The van der Waals surface area contributed by atoms with E-state index >= 15 is 0 Å². The van der Waals surface area contributed by atoms with Crippen molar-refractivity contribution in [2.24, 2.45) is 0 Å². The van der Waals surface area contributed by atoms with Crippen molar-refractivity contribution < 1.29 is 9.53 Å². The van der Waals surface area contributed by atoms with Crippen molar-refractivity contribution in [3.63, 3.8) is 0 Å². The molecule has 0 radical (unpaired) electrons. The molecule has 2 aromatic carbocycles. The molecule has 3 heteroatoms. The first-order valence-electron chi connectivity index (χ1n) is 8.85. The summed E-state index contributed by atoms with van der Waals surface area (Å²) in [5, 5.41) is 0. The number of piperidine rings is 1. The van der Waals surface area contributed by atoms with Crippen LogP contribution in [0.1, 0.15) is 37.8 Å². The third kappa shape index (κ3) is 3.85. The maximum absolute atomic E-state index is 12.5. The second kappa shape index (κ2) is 8.11. The molecule has 1 saturated heterocycles. The van der Waals surface area contributed by atoms with E-state index in [1.54, 1.807) is 0 Å². The predicted molar refractivity (Wildman–Crippen MR) is 96.7 cm³/mol. The lowest BCUT2D eigenvalue weighted by molar-refractivity contribution is -0.150. The van der Waals surface area contributed by atoms with Crippen LogP contribution in [0.15, 0.2) is 54.6 Å². The molecule has 0 amide bonds. The summed E-state index contributed by atoms with van der Waals surface area (Å²) in [5.74, 6) is -0.133. The van der Waals surface area contributed by atoms with E-state index in [0.29, 0.717) is 6.61 Å². The maximum Gasteiger partial charge on any atom is 0.327 e. The molecule has 3 nitrogen and oxygen atoms in total. The highest BCUT2D eigenvalue weighted by Crippen LogP contribution is 2.28. The molecule has 3 rings (SSSR count). The Morgan fingerprint density at radius 3 is 2.21 bits per heavy atom. The minimum Gasteiger partial charge on any atom is -0.465 e. The van der Waals surface area contributed by atoms with E-state index in [1.807, 2.05) is 25.1 Å². The summed E-state index contributed by atoms with van der Waals surface area (Å²) >= 11 is 0. The Balaban J connectivity index is 1.85. The Morgan fingerprint density at radius 1 is 0.958 bits per heavy atom. The van der Waals surface area contributed by atoms with E-state index in [4.69, 9.17) is 4.74 Å². The quantitative estimate of drug-likeness (QED) is 0.762. The third-order valence-electron chi connectivity index (χ3n) is 4.60. The van der Waals surface area contributed by atoms with Crippen molar-refractivity contribution in [2.75, 3.05) is 19.7 Å². The van der Waals surface area contributed by atoms with Crippen molar-refractivity contribution >= 4 is 5.97 Å². The van der Waals surface area contributed by atoms with Gasteiger partial charge in [0.1, 0.15) is 6.04 Å². The Kier molecular flexibility index (Phi) is 5.65. The minimum absolute atomic E-state index is 0.133. The average Bonchev–Trinajstić information content (AvgIpc) is 2.64. The lowest BCUT2D eigenvalue weighted by Crippen LogP contribution is -2.38. The predicted octanol–water partition coefficient (Wildman–Crippen LogP) is 4.44. The number of benzene rings is 2. The molecule has 1 fully saturated rings. The molecule has 24 heavy (non-hydrogen) atoms. The summed E-state index contributed by atoms with van der Waals surface area (Å²) in [6.07, 6.45) is 3.55. The maximum atomic E-state index is 12.5. The number of nitrogens with zero attached hydrogens (tertiary/aromatic N) is 1. The fourth-order valence-electron chi connectivity index (χ4n) is 3.38. The zero-order valence-electron chi connectivity index (χ0n) is 14.3. The molecular formula is C21H25NO2. The van der Waals surface area contributed by atoms with Gasteiger partial charge in [-0.15, -0.1) is 0 Å². The van der Waals surface area contributed by atoms with E-state index in [9.17, 15) is 4.79 Å². The molecule has 0 aliphatic carbocycles. The van der Waals surface area contributed by atoms with Gasteiger partial charge in [-0.25, -0.2) is 4.79 Å². The minimum atomic E-state index is -0.282. The molecule has 0 saturated carbocycles. The van der Waals surface area contributed by atoms with Crippen molar-refractivity contribution in [2.45, 2.75) is 32.2 Å². The number of carbonyl (C=O) groups excluding carboxylic acids is 1. The van der Waals surface area contributed by atoms with Gasteiger partial charge >= 0.3 is 5.97 Å². The number of hydrogen-bond donors (Lipinski definition) is 0. The first-order chi connectivity index (χ1) is 11.8. The standard InChI is InChI=1S/C21H25NO2/c1-2-24-21(23)20(22-15-7-4-8-16-22)19-13-11-18(12-14-19)17-9-5-3-6-10-17/h3,5-6,9-14,20H,2,4,7-8,15-16H2,1H3/t20-/m1/s1. The van der Waals surface area contributed by atoms with Crippen LogP contribution in [-0.4, -0.2) is 30.6 Å². The summed E-state index contributed by atoms with van der Waals surface area (Å²) in [6, 6.07) is 18.3. The molecule has 2 aromatic rings.